The summed E-state index contributed by atoms with van der Waals surface area (Å²) in [6.07, 6.45) is 4.78. The lowest BCUT2D eigenvalue weighted by atomic mass is 10.1. The first-order chi connectivity index (χ1) is 10.3. The molecule has 1 aliphatic rings. The summed E-state index contributed by atoms with van der Waals surface area (Å²) in [6.45, 7) is 1.96. The van der Waals surface area contributed by atoms with Crippen molar-refractivity contribution in [3.8, 4) is 11.8 Å². The molecule has 1 aromatic carbocycles. The standard InChI is InChI=1S/C18H25NS2/c1-19(14-12-17-9-4-2-5-10-17)13-7-3-6-11-18-20-15-8-16-21-18/h2,4-5,9-10,18H,6,8,11-16H2,1H3. The minimum Gasteiger partial charge on any atom is -0.295 e. The van der Waals surface area contributed by atoms with Gasteiger partial charge in [-0.3, -0.25) is 4.90 Å². The molecule has 0 saturated carbocycles. The van der Waals surface area contributed by atoms with Gasteiger partial charge in [0.25, 0.3) is 0 Å². The van der Waals surface area contributed by atoms with Crippen LogP contribution in [0.3, 0.4) is 0 Å². The maximum absolute atomic E-state index is 3.34. The Morgan fingerprint density at radius 2 is 1.90 bits per heavy atom. The molecule has 0 bridgehead atoms. The Bertz CT molecular complexity index is 443. The molecule has 0 unspecified atom stereocenters. The van der Waals surface area contributed by atoms with E-state index < -0.39 is 0 Å². The van der Waals surface area contributed by atoms with E-state index in [-0.39, 0.29) is 0 Å². The van der Waals surface area contributed by atoms with E-state index in [1.807, 2.05) is 0 Å². The summed E-state index contributed by atoms with van der Waals surface area (Å²) in [5.41, 5.74) is 1.41. The van der Waals surface area contributed by atoms with Crippen LogP contribution in [0.25, 0.3) is 0 Å². The quantitative estimate of drug-likeness (QED) is 0.726. The first kappa shape index (κ1) is 16.8. The average Bonchev–Trinajstić information content (AvgIpc) is 2.54. The van der Waals surface area contributed by atoms with Gasteiger partial charge in [0, 0.05) is 13.0 Å². The number of thioether (sulfide) groups is 2. The van der Waals surface area contributed by atoms with Crippen LogP contribution in [-0.4, -0.2) is 41.1 Å². The molecular formula is C18H25NS2. The van der Waals surface area contributed by atoms with E-state index in [1.54, 1.807) is 0 Å². The van der Waals surface area contributed by atoms with Crippen LogP contribution in [0.5, 0.6) is 0 Å². The smallest absolute Gasteiger partial charge is 0.0599 e. The molecule has 0 amide bonds. The molecule has 3 heteroatoms. The van der Waals surface area contributed by atoms with Crippen molar-refractivity contribution in [2.75, 3.05) is 31.6 Å². The molecule has 1 nitrogen and oxygen atoms in total. The Morgan fingerprint density at radius 3 is 2.67 bits per heavy atom. The number of hydrogen-bond donors (Lipinski definition) is 0. The summed E-state index contributed by atoms with van der Waals surface area (Å²) in [6, 6.07) is 10.7. The van der Waals surface area contributed by atoms with E-state index in [9.17, 15) is 0 Å². The van der Waals surface area contributed by atoms with Gasteiger partial charge < -0.3 is 0 Å². The minimum atomic E-state index is 0.795. The highest BCUT2D eigenvalue weighted by Gasteiger charge is 2.12. The van der Waals surface area contributed by atoms with Crippen LogP contribution >= 0.6 is 23.5 Å². The lowest BCUT2D eigenvalue weighted by molar-refractivity contribution is 0.380. The Balaban J connectivity index is 1.56. The Kier molecular flexibility index (Phi) is 8.17. The summed E-state index contributed by atoms with van der Waals surface area (Å²) >= 11 is 4.24. The molecule has 1 heterocycles. The second-order valence-corrected chi connectivity index (χ2v) is 8.31. The average molecular weight is 320 g/mol. The van der Waals surface area contributed by atoms with Gasteiger partial charge in [-0.05, 0) is 43.4 Å². The third-order valence-electron chi connectivity index (χ3n) is 3.50. The normalized spacial score (nSPS) is 15.7. The Labute approximate surface area is 138 Å². The van der Waals surface area contributed by atoms with E-state index >= 15 is 0 Å². The van der Waals surface area contributed by atoms with Gasteiger partial charge in [0.2, 0.25) is 0 Å². The van der Waals surface area contributed by atoms with Gasteiger partial charge in [-0.15, -0.1) is 29.4 Å². The highest BCUT2D eigenvalue weighted by atomic mass is 32.2. The number of likely N-dealkylation sites (N-methyl/N-ethyl adjacent to an activating group) is 1. The van der Waals surface area contributed by atoms with Crippen LogP contribution in [0, 0.1) is 11.8 Å². The van der Waals surface area contributed by atoms with Gasteiger partial charge in [-0.2, -0.15) is 0 Å². The van der Waals surface area contributed by atoms with Crippen LogP contribution in [0.15, 0.2) is 30.3 Å². The second-order valence-electron chi connectivity index (χ2n) is 5.39. The van der Waals surface area contributed by atoms with E-state index in [4.69, 9.17) is 0 Å². The van der Waals surface area contributed by atoms with Crippen molar-refractivity contribution < 1.29 is 0 Å². The van der Waals surface area contributed by atoms with Gasteiger partial charge in [-0.1, -0.05) is 36.3 Å². The van der Waals surface area contributed by atoms with Gasteiger partial charge in [0.15, 0.2) is 0 Å². The van der Waals surface area contributed by atoms with Crippen molar-refractivity contribution in [1.29, 1.82) is 0 Å². The maximum atomic E-state index is 3.34. The predicted octanol–water partition coefficient (Wildman–Crippen LogP) is 4.14. The molecular weight excluding hydrogens is 294 g/mol. The lowest BCUT2D eigenvalue weighted by Gasteiger charge is -2.19. The molecule has 0 aromatic heterocycles. The van der Waals surface area contributed by atoms with Gasteiger partial charge in [-0.25, -0.2) is 0 Å². The second kappa shape index (κ2) is 10.2. The van der Waals surface area contributed by atoms with Crippen LogP contribution in [0.2, 0.25) is 0 Å². The highest BCUT2D eigenvalue weighted by Crippen LogP contribution is 2.33. The largest absolute Gasteiger partial charge is 0.295 e. The fraction of sp³-hybridized carbons (Fsp3) is 0.556. The molecule has 1 saturated heterocycles. The molecule has 2 rings (SSSR count). The summed E-state index contributed by atoms with van der Waals surface area (Å²) in [5.74, 6) is 9.34. The minimum absolute atomic E-state index is 0.795. The third-order valence-corrected chi connectivity index (χ3v) is 6.58. The Morgan fingerprint density at radius 1 is 1.14 bits per heavy atom. The van der Waals surface area contributed by atoms with Crippen LogP contribution < -0.4 is 0 Å². The number of hydrogen-bond acceptors (Lipinski definition) is 3. The van der Waals surface area contributed by atoms with E-state index in [0.29, 0.717) is 0 Å². The van der Waals surface area contributed by atoms with Crippen molar-refractivity contribution in [1.82, 2.24) is 4.90 Å². The van der Waals surface area contributed by atoms with Crippen LogP contribution in [0.4, 0.5) is 0 Å². The first-order valence-electron chi connectivity index (χ1n) is 7.76. The number of benzene rings is 1. The van der Waals surface area contributed by atoms with E-state index in [1.165, 1.54) is 29.9 Å². The van der Waals surface area contributed by atoms with Crippen LogP contribution in [-0.2, 0) is 6.42 Å². The molecule has 1 aliphatic heterocycles. The molecule has 0 atom stereocenters. The molecule has 1 fully saturated rings. The number of rotatable bonds is 6. The van der Waals surface area contributed by atoms with Crippen molar-refractivity contribution in [2.24, 2.45) is 0 Å². The predicted molar refractivity (Wildman–Crippen MR) is 98.0 cm³/mol. The topological polar surface area (TPSA) is 3.24 Å². The first-order valence-corrected chi connectivity index (χ1v) is 9.86. The summed E-state index contributed by atoms with van der Waals surface area (Å²) in [5, 5.41) is 0. The molecule has 0 spiro atoms. The summed E-state index contributed by atoms with van der Waals surface area (Å²) in [4.78, 5) is 2.31. The molecule has 0 N–H and O–H groups in total. The molecule has 114 valence electrons. The summed E-state index contributed by atoms with van der Waals surface area (Å²) < 4.78 is 0.795. The summed E-state index contributed by atoms with van der Waals surface area (Å²) in [7, 11) is 2.16. The van der Waals surface area contributed by atoms with Crippen molar-refractivity contribution in [3.63, 3.8) is 0 Å². The molecule has 21 heavy (non-hydrogen) atoms. The van der Waals surface area contributed by atoms with Gasteiger partial charge >= 0.3 is 0 Å². The SMILES string of the molecule is CN(CC#CCCC1SCCCS1)CCc1ccccc1. The van der Waals surface area contributed by atoms with Gasteiger partial charge in [0.1, 0.15) is 0 Å². The van der Waals surface area contributed by atoms with Crippen molar-refractivity contribution in [3.05, 3.63) is 35.9 Å². The molecule has 1 aromatic rings. The highest BCUT2D eigenvalue weighted by molar-refractivity contribution is 8.17. The third kappa shape index (κ3) is 7.31. The van der Waals surface area contributed by atoms with Gasteiger partial charge in [0.05, 0.1) is 11.1 Å². The van der Waals surface area contributed by atoms with Crippen molar-refractivity contribution in [2.45, 2.75) is 30.3 Å². The van der Waals surface area contributed by atoms with E-state index in [0.717, 1.165) is 30.5 Å². The number of nitrogens with zero attached hydrogens (tertiary/aromatic N) is 1. The fourth-order valence-corrected chi connectivity index (χ4v) is 5.08. The zero-order chi connectivity index (χ0) is 14.8. The van der Waals surface area contributed by atoms with Crippen LogP contribution in [0.1, 0.15) is 24.8 Å². The fourth-order valence-electron chi connectivity index (χ4n) is 2.22. The molecule has 0 aliphatic carbocycles. The lowest BCUT2D eigenvalue weighted by Crippen LogP contribution is -2.21. The zero-order valence-electron chi connectivity index (χ0n) is 12.9. The monoisotopic (exact) mass is 319 g/mol. The zero-order valence-corrected chi connectivity index (χ0v) is 14.5. The molecule has 0 radical (unpaired) electrons. The Hall–Kier alpha value is -0.560. The maximum Gasteiger partial charge on any atom is 0.0599 e. The van der Waals surface area contributed by atoms with Crippen molar-refractivity contribution >= 4 is 23.5 Å². The van der Waals surface area contributed by atoms with E-state index in [2.05, 4.69) is 77.6 Å².